The molecule has 6 N–H and O–H groups in total. The second-order valence-corrected chi connectivity index (χ2v) is 18.5. The fraction of sp³-hybridized carbons (Fsp3) is 0.857. The summed E-state index contributed by atoms with van der Waals surface area (Å²) in [6.45, 7) is 9.05. The number of ketones is 1. The van der Waals surface area contributed by atoms with E-state index in [0.717, 1.165) is 52.1 Å². The molecule has 0 aromatic carbocycles. The molecule has 16 heteroatoms. The quantitative estimate of drug-likeness (QED) is 0.0626. The molecule has 16 nitrogen and oxygen atoms in total. The van der Waals surface area contributed by atoms with E-state index in [1.165, 1.54) is 45.4 Å². The third-order valence-corrected chi connectivity index (χ3v) is 14.5. The molecule has 1 spiro atoms. The van der Waals surface area contributed by atoms with Crippen LogP contribution in [0.1, 0.15) is 122 Å². The van der Waals surface area contributed by atoms with Crippen molar-refractivity contribution < 1.29 is 28.8 Å². The number of likely N-dealkylation sites (tertiary alicyclic amines) is 2. The van der Waals surface area contributed by atoms with E-state index >= 15 is 0 Å². The van der Waals surface area contributed by atoms with Crippen LogP contribution in [-0.4, -0.2) is 133 Å². The number of fused-ring (bicyclic) bond motifs is 1. The number of amides is 6. The Morgan fingerprint density at radius 1 is 0.707 bits per heavy atom. The van der Waals surface area contributed by atoms with E-state index in [0.29, 0.717) is 77.3 Å². The largest absolute Gasteiger partial charge is 0.356 e. The molecule has 4 aliphatic heterocycles. The minimum absolute atomic E-state index is 0.0330. The SMILES string of the molecule is CC(=O)C1(N=NC2CCC(C(=O)NC3CC(C(=O)NCCCN4CCCCC4)CC(C(=O)NCCCN4CCCCC4)C3)CC2)C(=O)NC12CCC1NC(=O)NC1C2. The maximum absolute atomic E-state index is 13.8. The van der Waals surface area contributed by atoms with Crippen LogP contribution in [-0.2, 0) is 24.0 Å². The summed E-state index contributed by atoms with van der Waals surface area (Å²) in [6, 6.07) is -1.000. The van der Waals surface area contributed by atoms with E-state index in [-0.39, 0.29) is 71.5 Å². The summed E-state index contributed by atoms with van der Waals surface area (Å²) < 4.78 is 0. The van der Waals surface area contributed by atoms with Gasteiger partial charge in [0.1, 0.15) is 0 Å². The highest BCUT2D eigenvalue weighted by Gasteiger charge is 2.72. The number of β-lactam (4-membered cyclic amide) rings is 1. The number of Topliss-reactive ketones (excluding diaryl/α,β-unsaturated/α-hetero) is 1. The predicted molar refractivity (Wildman–Crippen MR) is 217 cm³/mol. The molecule has 0 aromatic heterocycles. The minimum atomic E-state index is -1.62. The first-order chi connectivity index (χ1) is 28.0. The van der Waals surface area contributed by atoms with Gasteiger partial charge in [-0.05, 0) is 149 Å². The third kappa shape index (κ3) is 9.69. The Balaban J connectivity index is 0.912. The highest BCUT2D eigenvalue weighted by atomic mass is 16.2. The zero-order chi connectivity index (χ0) is 40.7. The molecular formula is C42H68N10O6. The smallest absolute Gasteiger partial charge is 0.315 e. The first kappa shape index (κ1) is 42.5. The molecule has 322 valence electrons. The third-order valence-electron chi connectivity index (χ3n) is 14.5. The fourth-order valence-corrected chi connectivity index (χ4v) is 11.1. The Hall–Kier alpha value is -3.66. The fourth-order valence-electron chi connectivity index (χ4n) is 11.1. The Kier molecular flexibility index (Phi) is 14.0. The van der Waals surface area contributed by atoms with Gasteiger partial charge in [0.15, 0.2) is 5.78 Å². The Labute approximate surface area is 343 Å². The van der Waals surface area contributed by atoms with Crippen LogP contribution in [0.25, 0.3) is 0 Å². The summed E-state index contributed by atoms with van der Waals surface area (Å²) in [4.78, 5) is 84.0. The molecule has 3 aliphatic carbocycles. The number of rotatable bonds is 15. The van der Waals surface area contributed by atoms with Gasteiger partial charge in [-0.3, -0.25) is 24.0 Å². The summed E-state index contributed by atoms with van der Waals surface area (Å²) in [6.07, 6.45) is 14.7. The molecule has 7 aliphatic rings. The van der Waals surface area contributed by atoms with Crippen molar-refractivity contribution in [1.29, 1.82) is 0 Å². The Morgan fingerprint density at radius 2 is 1.28 bits per heavy atom. The zero-order valence-corrected chi connectivity index (χ0v) is 34.7. The lowest BCUT2D eigenvalue weighted by molar-refractivity contribution is -0.155. The van der Waals surface area contributed by atoms with Crippen molar-refractivity contribution in [3.05, 3.63) is 0 Å². The van der Waals surface area contributed by atoms with Crippen molar-refractivity contribution in [3.63, 3.8) is 0 Å². The number of nitrogens with one attached hydrogen (secondary N) is 6. The first-order valence-corrected chi connectivity index (χ1v) is 22.7. The molecule has 4 heterocycles. The van der Waals surface area contributed by atoms with Gasteiger partial charge in [0.05, 0.1) is 23.7 Å². The van der Waals surface area contributed by atoms with Gasteiger partial charge in [-0.25, -0.2) is 4.79 Å². The van der Waals surface area contributed by atoms with Gasteiger partial charge in [0.25, 0.3) is 5.91 Å². The van der Waals surface area contributed by atoms with Crippen LogP contribution in [0.2, 0.25) is 0 Å². The van der Waals surface area contributed by atoms with Crippen LogP contribution in [0, 0.1) is 17.8 Å². The molecule has 3 saturated carbocycles. The predicted octanol–water partition coefficient (Wildman–Crippen LogP) is 2.31. The summed E-state index contributed by atoms with van der Waals surface area (Å²) >= 11 is 0. The number of piperidine rings is 2. The van der Waals surface area contributed by atoms with Gasteiger partial charge in [-0.1, -0.05) is 12.8 Å². The van der Waals surface area contributed by atoms with Crippen LogP contribution >= 0.6 is 0 Å². The number of hydrogen-bond acceptors (Lipinski definition) is 10. The van der Waals surface area contributed by atoms with Crippen molar-refractivity contribution >= 4 is 35.4 Å². The van der Waals surface area contributed by atoms with Crippen molar-refractivity contribution in [3.8, 4) is 0 Å². The van der Waals surface area contributed by atoms with E-state index in [2.05, 4.69) is 51.9 Å². The second-order valence-electron chi connectivity index (χ2n) is 18.5. The van der Waals surface area contributed by atoms with Crippen molar-refractivity contribution in [2.75, 3.05) is 52.4 Å². The first-order valence-electron chi connectivity index (χ1n) is 22.7. The van der Waals surface area contributed by atoms with Gasteiger partial charge in [-0.2, -0.15) is 10.2 Å². The second kappa shape index (κ2) is 19.2. The number of hydrogen-bond donors (Lipinski definition) is 6. The van der Waals surface area contributed by atoms with Gasteiger partial charge >= 0.3 is 6.03 Å². The lowest BCUT2D eigenvalue weighted by atomic mass is 9.58. The van der Waals surface area contributed by atoms with Crippen LogP contribution in [0.3, 0.4) is 0 Å². The molecule has 0 aromatic rings. The molecular weight excluding hydrogens is 741 g/mol. The number of carbonyl (C=O) groups excluding carboxylic acids is 6. The number of nitrogens with zero attached hydrogens (tertiary/aromatic N) is 4. The van der Waals surface area contributed by atoms with Crippen molar-refractivity contribution in [2.24, 2.45) is 28.0 Å². The summed E-state index contributed by atoms with van der Waals surface area (Å²) in [7, 11) is 0. The van der Waals surface area contributed by atoms with E-state index in [4.69, 9.17) is 0 Å². The maximum atomic E-state index is 13.8. The Morgan fingerprint density at radius 3 is 1.83 bits per heavy atom. The molecule has 0 radical (unpaired) electrons. The number of carbonyl (C=O) groups is 6. The topological polar surface area (TPSA) is 206 Å². The molecule has 6 amide bonds. The average Bonchev–Trinajstić information content (AvgIpc) is 3.60. The molecule has 4 saturated heterocycles. The van der Waals surface area contributed by atoms with E-state index in [9.17, 15) is 28.8 Å². The maximum Gasteiger partial charge on any atom is 0.315 e. The van der Waals surface area contributed by atoms with Crippen LogP contribution in [0.15, 0.2) is 10.2 Å². The van der Waals surface area contributed by atoms with Gasteiger partial charge in [-0.15, -0.1) is 0 Å². The van der Waals surface area contributed by atoms with E-state index in [1.807, 2.05) is 0 Å². The lowest BCUT2D eigenvalue weighted by Gasteiger charge is -2.57. The highest BCUT2D eigenvalue weighted by Crippen LogP contribution is 2.48. The monoisotopic (exact) mass is 809 g/mol. The molecule has 7 fully saturated rings. The minimum Gasteiger partial charge on any atom is -0.356 e. The molecule has 6 atom stereocenters. The van der Waals surface area contributed by atoms with Crippen LogP contribution < -0.4 is 31.9 Å². The average molecular weight is 809 g/mol. The lowest BCUT2D eigenvalue weighted by Crippen LogP contribution is -2.85. The number of azo groups is 1. The van der Waals surface area contributed by atoms with Crippen molar-refractivity contribution in [2.45, 2.75) is 158 Å². The van der Waals surface area contributed by atoms with Crippen molar-refractivity contribution in [1.82, 2.24) is 41.7 Å². The zero-order valence-electron chi connectivity index (χ0n) is 34.7. The highest BCUT2D eigenvalue weighted by molar-refractivity contribution is 6.17. The molecule has 0 bridgehead atoms. The Bertz CT molecular complexity index is 1490. The van der Waals surface area contributed by atoms with Gasteiger partial charge < -0.3 is 41.7 Å². The van der Waals surface area contributed by atoms with Crippen LogP contribution in [0.4, 0.5) is 4.79 Å². The van der Waals surface area contributed by atoms with Gasteiger partial charge in [0, 0.05) is 36.9 Å². The van der Waals surface area contributed by atoms with Crippen LogP contribution in [0.5, 0.6) is 0 Å². The van der Waals surface area contributed by atoms with Gasteiger partial charge in [0.2, 0.25) is 23.3 Å². The molecule has 58 heavy (non-hydrogen) atoms. The van der Waals surface area contributed by atoms with E-state index in [1.54, 1.807) is 0 Å². The number of urea groups is 1. The molecule has 6 unspecified atom stereocenters. The van der Waals surface area contributed by atoms with E-state index < -0.39 is 17.0 Å². The summed E-state index contributed by atoms with van der Waals surface area (Å²) in [5.74, 6) is -1.89. The summed E-state index contributed by atoms with van der Waals surface area (Å²) in [5.41, 5.74) is -2.51. The molecule has 7 rings (SSSR count). The normalized spacial score (nSPS) is 35.6. The summed E-state index contributed by atoms with van der Waals surface area (Å²) in [5, 5.41) is 27.5. The standard InChI is InChI=1S/C42H68N10O6/c1-28(53)42(39(57)48-41(42)15-14-34-35(27-41)47-40(58)46-34)50-49-32-12-10-29(11-13-32)38(56)45-33-25-30(36(54)43-16-8-22-51-18-4-2-5-19-51)24-31(26-33)37(55)44-17-9-23-52-20-6-3-7-21-52/h29-35H,2-27H2,1H3,(H,43,54)(H,44,55)(H,45,56)(H,48,57)(H2,46,47,58).